The second-order valence-corrected chi connectivity index (χ2v) is 13.4. The van der Waals surface area contributed by atoms with Crippen LogP contribution in [0.2, 0.25) is 0 Å². The number of aromatic nitrogens is 2. The predicted molar refractivity (Wildman–Crippen MR) is 151 cm³/mol. The average molecular weight is 553 g/mol. The lowest BCUT2D eigenvalue weighted by atomic mass is 9.90. The van der Waals surface area contributed by atoms with E-state index in [-0.39, 0.29) is 11.7 Å². The number of hydrogen-bond acceptors (Lipinski definition) is 5. The van der Waals surface area contributed by atoms with Gasteiger partial charge in [0.25, 0.3) is 5.91 Å². The molecule has 9 heteroatoms. The first kappa shape index (κ1) is 27.4. The number of rotatable bonds is 7. The van der Waals surface area contributed by atoms with Crippen molar-refractivity contribution in [2.45, 2.75) is 44.4 Å². The molecule has 208 valence electrons. The molecule has 0 aliphatic carbocycles. The molecule has 5 rings (SSSR count). The molecule has 0 radical (unpaired) electrons. The van der Waals surface area contributed by atoms with Crippen molar-refractivity contribution in [3.8, 4) is 5.69 Å². The van der Waals surface area contributed by atoms with Gasteiger partial charge in [-0.3, -0.25) is 4.79 Å². The van der Waals surface area contributed by atoms with Gasteiger partial charge in [0.1, 0.15) is 5.82 Å². The molecule has 3 aromatic rings. The average Bonchev–Trinajstić information content (AvgIpc) is 3.57. The Hall–Kier alpha value is -3.20. The standard InChI is InChI=1S/C30H37FN4O3S/c1-21(2)23-14-17-34(20-23)30(36)28-19-32-35(26-6-4-24(31)5-7-26)29(28)18-22-12-15-33(16-13-22)25-8-10-27(11-9-25)39(3,37)38/h4-11,19,21-23H,12-18,20H2,1-3H3. The number of piperidine rings is 1. The van der Waals surface area contributed by atoms with Crippen molar-refractivity contribution in [1.82, 2.24) is 14.7 Å². The molecule has 1 atom stereocenters. The molecule has 0 bridgehead atoms. The fourth-order valence-corrected chi connectivity index (χ4v) is 6.44. The molecule has 1 unspecified atom stereocenters. The van der Waals surface area contributed by atoms with E-state index in [1.807, 2.05) is 17.0 Å². The number of benzene rings is 2. The molecule has 0 N–H and O–H groups in total. The smallest absolute Gasteiger partial charge is 0.257 e. The van der Waals surface area contributed by atoms with Crippen LogP contribution in [-0.4, -0.2) is 61.4 Å². The summed E-state index contributed by atoms with van der Waals surface area (Å²) in [5.41, 5.74) is 3.29. The highest BCUT2D eigenvalue weighted by Crippen LogP contribution is 2.30. The van der Waals surface area contributed by atoms with Crippen LogP contribution in [0.5, 0.6) is 0 Å². The number of nitrogens with zero attached hydrogens (tertiary/aromatic N) is 4. The molecular formula is C30H37FN4O3S. The maximum atomic E-state index is 13.7. The van der Waals surface area contributed by atoms with Crippen molar-refractivity contribution in [2.75, 3.05) is 37.3 Å². The Bertz CT molecular complexity index is 1410. The molecule has 0 saturated carbocycles. The lowest BCUT2D eigenvalue weighted by Gasteiger charge is -2.34. The van der Waals surface area contributed by atoms with E-state index < -0.39 is 9.84 Å². The SMILES string of the molecule is CC(C)C1CCN(C(=O)c2cnn(-c3ccc(F)cc3)c2CC2CCN(c3ccc(S(C)(=O)=O)cc3)CC2)C1. The normalized spacial score (nSPS) is 18.7. The predicted octanol–water partition coefficient (Wildman–Crippen LogP) is 4.99. The van der Waals surface area contributed by atoms with Crippen LogP contribution in [0.25, 0.3) is 5.69 Å². The van der Waals surface area contributed by atoms with E-state index in [0.29, 0.717) is 34.6 Å². The maximum absolute atomic E-state index is 13.7. The van der Waals surface area contributed by atoms with Gasteiger partial charge >= 0.3 is 0 Å². The first-order valence-corrected chi connectivity index (χ1v) is 15.7. The number of anilines is 1. The molecule has 2 saturated heterocycles. The third-order valence-corrected chi connectivity index (χ3v) is 9.48. The van der Waals surface area contributed by atoms with Crippen LogP contribution in [0.15, 0.2) is 59.6 Å². The Morgan fingerprint density at radius 1 is 0.974 bits per heavy atom. The summed E-state index contributed by atoms with van der Waals surface area (Å²) in [5, 5.41) is 4.61. The molecule has 7 nitrogen and oxygen atoms in total. The first-order valence-electron chi connectivity index (χ1n) is 13.8. The van der Waals surface area contributed by atoms with Crippen molar-refractivity contribution < 1.29 is 17.6 Å². The highest BCUT2D eigenvalue weighted by Gasteiger charge is 2.32. The molecular weight excluding hydrogens is 515 g/mol. The second kappa shape index (κ2) is 11.1. The third kappa shape index (κ3) is 6.03. The van der Waals surface area contributed by atoms with E-state index in [9.17, 15) is 17.6 Å². The molecule has 3 heterocycles. The first-order chi connectivity index (χ1) is 18.6. The molecule has 0 spiro atoms. The number of halogens is 1. The lowest BCUT2D eigenvalue weighted by molar-refractivity contribution is 0.0782. The summed E-state index contributed by atoms with van der Waals surface area (Å²) in [5.74, 6) is 1.14. The molecule has 39 heavy (non-hydrogen) atoms. The number of hydrogen-bond donors (Lipinski definition) is 0. The summed E-state index contributed by atoms with van der Waals surface area (Å²) in [6.45, 7) is 7.65. The second-order valence-electron chi connectivity index (χ2n) is 11.3. The zero-order valence-corrected chi connectivity index (χ0v) is 23.7. The largest absolute Gasteiger partial charge is 0.372 e. The fourth-order valence-electron chi connectivity index (χ4n) is 5.81. The zero-order valence-electron chi connectivity index (χ0n) is 22.9. The van der Waals surface area contributed by atoms with E-state index in [1.54, 1.807) is 35.1 Å². The summed E-state index contributed by atoms with van der Waals surface area (Å²) in [6.07, 6.45) is 6.51. The van der Waals surface area contributed by atoms with Gasteiger partial charge in [-0.2, -0.15) is 5.10 Å². The monoisotopic (exact) mass is 552 g/mol. The molecule has 1 amide bonds. The van der Waals surface area contributed by atoms with Gasteiger partial charge in [0.2, 0.25) is 0 Å². The topological polar surface area (TPSA) is 75.5 Å². The summed E-state index contributed by atoms with van der Waals surface area (Å²) in [6, 6.07) is 13.3. The Morgan fingerprint density at radius 3 is 2.21 bits per heavy atom. The van der Waals surface area contributed by atoms with Crippen molar-refractivity contribution in [1.29, 1.82) is 0 Å². The molecule has 2 aliphatic rings. The fraction of sp³-hybridized carbons (Fsp3) is 0.467. The van der Waals surface area contributed by atoms with Crippen LogP contribution in [-0.2, 0) is 16.3 Å². The van der Waals surface area contributed by atoms with Crippen LogP contribution < -0.4 is 4.90 Å². The zero-order chi connectivity index (χ0) is 27.7. The van der Waals surface area contributed by atoms with Gasteiger partial charge in [-0.05, 0) is 92.0 Å². The number of carbonyl (C=O) groups is 1. The lowest BCUT2D eigenvalue weighted by Crippen LogP contribution is -2.35. The number of carbonyl (C=O) groups excluding carboxylic acids is 1. The van der Waals surface area contributed by atoms with Crippen LogP contribution >= 0.6 is 0 Å². The van der Waals surface area contributed by atoms with Gasteiger partial charge in [0.15, 0.2) is 9.84 Å². The molecule has 1 aromatic heterocycles. The minimum atomic E-state index is -3.22. The van der Waals surface area contributed by atoms with E-state index >= 15 is 0 Å². The summed E-state index contributed by atoms with van der Waals surface area (Å²) in [4.78, 5) is 18.2. The van der Waals surface area contributed by atoms with Crippen LogP contribution in [0.3, 0.4) is 0 Å². The molecule has 2 aliphatic heterocycles. The van der Waals surface area contributed by atoms with Gasteiger partial charge in [0.05, 0.1) is 28.0 Å². The van der Waals surface area contributed by atoms with Crippen molar-refractivity contribution in [3.05, 3.63) is 71.8 Å². The number of likely N-dealkylation sites (tertiary alicyclic amines) is 1. The minimum Gasteiger partial charge on any atom is -0.372 e. The van der Waals surface area contributed by atoms with Crippen molar-refractivity contribution in [3.63, 3.8) is 0 Å². The van der Waals surface area contributed by atoms with Gasteiger partial charge in [-0.25, -0.2) is 17.5 Å². The van der Waals surface area contributed by atoms with E-state index in [4.69, 9.17) is 0 Å². The maximum Gasteiger partial charge on any atom is 0.257 e. The number of sulfone groups is 1. The third-order valence-electron chi connectivity index (χ3n) is 8.35. The minimum absolute atomic E-state index is 0.0323. The Kier molecular flexibility index (Phi) is 7.80. The summed E-state index contributed by atoms with van der Waals surface area (Å²) >= 11 is 0. The number of amides is 1. The summed E-state index contributed by atoms with van der Waals surface area (Å²) in [7, 11) is -3.22. The van der Waals surface area contributed by atoms with Crippen molar-refractivity contribution >= 4 is 21.4 Å². The van der Waals surface area contributed by atoms with E-state index in [2.05, 4.69) is 23.8 Å². The molecule has 2 fully saturated rings. The van der Waals surface area contributed by atoms with Crippen LogP contribution in [0, 0.1) is 23.6 Å². The summed E-state index contributed by atoms with van der Waals surface area (Å²) < 4.78 is 39.1. The van der Waals surface area contributed by atoms with Crippen LogP contribution in [0.4, 0.5) is 10.1 Å². The Balaban J connectivity index is 1.34. The quantitative estimate of drug-likeness (QED) is 0.413. The highest BCUT2D eigenvalue weighted by atomic mass is 32.2. The van der Waals surface area contributed by atoms with Gasteiger partial charge < -0.3 is 9.80 Å². The van der Waals surface area contributed by atoms with Gasteiger partial charge in [-0.1, -0.05) is 13.8 Å². The van der Waals surface area contributed by atoms with Gasteiger partial charge in [0, 0.05) is 38.1 Å². The van der Waals surface area contributed by atoms with Crippen LogP contribution in [0.1, 0.15) is 49.2 Å². The van der Waals surface area contributed by atoms with E-state index in [0.717, 1.165) is 62.5 Å². The van der Waals surface area contributed by atoms with Crippen molar-refractivity contribution in [2.24, 2.45) is 17.8 Å². The highest BCUT2D eigenvalue weighted by molar-refractivity contribution is 7.90. The van der Waals surface area contributed by atoms with Gasteiger partial charge in [-0.15, -0.1) is 0 Å². The Labute approximate surface area is 230 Å². The Morgan fingerprint density at radius 2 is 1.62 bits per heavy atom. The molecule has 2 aromatic carbocycles. The van der Waals surface area contributed by atoms with E-state index in [1.165, 1.54) is 18.4 Å².